The van der Waals surface area contributed by atoms with Crippen molar-refractivity contribution < 1.29 is 9.47 Å². The van der Waals surface area contributed by atoms with E-state index in [9.17, 15) is 4.79 Å². The maximum Gasteiger partial charge on any atom is 0.282 e. The molecule has 0 bridgehead atoms. The third kappa shape index (κ3) is 4.62. The molecule has 0 atom stereocenters. The average molecular weight is 479 g/mol. The number of aryl methyl sites for hydroxylation is 1. The molecular weight excluding hydrogens is 458 g/mol. The molecule has 29 heavy (non-hydrogen) atoms. The lowest BCUT2D eigenvalue weighted by molar-refractivity contribution is 0.311. The molecule has 0 aliphatic rings. The second-order valence-corrected chi connectivity index (χ2v) is 7.59. The largest absolute Gasteiger partial charge is 0.491 e. The SMILES string of the molecule is CCCc1nc2ccc(Br)cc2c(=O)n1N=Cc1cc(Cl)c(OC)c(OCC)c1. The quantitative estimate of drug-likeness (QED) is 0.446. The van der Waals surface area contributed by atoms with Crippen LogP contribution in [0, 0.1) is 0 Å². The van der Waals surface area contributed by atoms with Crippen LogP contribution in [0.4, 0.5) is 0 Å². The van der Waals surface area contributed by atoms with Crippen molar-refractivity contribution in [3.63, 3.8) is 0 Å². The Bertz CT molecular complexity index is 1130. The smallest absolute Gasteiger partial charge is 0.282 e. The number of nitrogens with zero attached hydrogens (tertiary/aromatic N) is 3. The summed E-state index contributed by atoms with van der Waals surface area (Å²) < 4.78 is 13.1. The van der Waals surface area contributed by atoms with Gasteiger partial charge in [-0.15, -0.1) is 0 Å². The third-order valence-electron chi connectivity index (χ3n) is 4.21. The minimum Gasteiger partial charge on any atom is -0.491 e. The van der Waals surface area contributed by atoms with Gasteiger partial charge in [0.1, 0.15) is 5.82 Å². The zero-order chi connectivity index (χ0) is 21.0. The molecule has 3 rings (SSSR count). The Morgan fingerprint density at radius 1 is 1.28 bits per heavy atom. The molecule has 0 N–H and O–H groups in total. The molecule has 3 aromatic rings. The highest BCUT2D eigenvalue weighted by atomic mass is 79.9. The summed E-state index contributed by atoms with van der Waals surface area (Å²) in [6.07, 6.45) is 3.04. The molecule has 0 fully saturated rings. The van der Waals surface area contributed by atoms with Gasteiger partial charge in [-0.1, -0.05) is 34.5 Å². The summed E-state index contributed by atoms with van der Waals surface area (Å²) in [6, 6.07) is 8.93. The first-order chi connectivity index (χ1) is 14.0. The first kappa shape index (κ1) is 21.3. The number of aromatic nitrogens is 2. The number of halogens is 2. The molecule has 0 radical (unpaired) electrons. The fourth-order valence-corrected chi connectivity index (χ4v) is 3.60. The first-order valence-electron chi connectivity index (χ1n) is 9.24. The summed E-state index contributed by atoms with van der Waals surface area (Å²) >= 11 is 9.71. The summed E-state index contributed by atoms with van der Waals surface area (Å²) in [5.41, 5.74) is 1.11. The molecule has 2 aromatic carbocycles. The van der Waals surface area contributed by atoms with Gasteiger partial charge in [0.25, 0.3) is 5.56 Å². The Kier molecular flexibility index (Phi) is 6.92. The average Bonchev–Trinajstić information content (AvgIpc) is 2.69. The molecule has 6 nitrogen and oxygen atoms in total. The Morgan fingerprint density at radius 2 is 2.07 bits per heavy atom. The van der Waals surface area contributed by atoms with Crippen LogP contribution in [0.5, 0.6) is 11.5 Å². The summed E-state index contributed by atoms with van der Waals surface area (Å²) in [5.74, 6) is 1.59. The van der Waals surface area contributed by atoms with Crippen LogP contribution in [0.25, 0.3) is 10.9 Å². The molecular formula is C21H21BrClN3O3. The zero-order valence-electron chi connectivity index (χ0n) is 16.4. The van der Waals surface area contributed by atoms with Crippen LogP contribution in [0.1, 0.15) is 31.7 Å². The summed E-state index contributed by atoms with van der Waals surface area (Å²) in [4.78, 5) is 17.7. The van der Waals surface area contributed by atoms with Gasteiger partial charge >= 0.3 is 0 Å². The highest BCUT2D eigenvalue weighted by molar-refractivity contribution is 9.10. The summed E-state index contributed by atoms with van der Waals surface area (Å²) in [5, 5.41) is 5.32. The van der Waals surface area contributed by atoms with E-state index < -0.39 is 0 Å². The molecule has 0 saturated carbocycles. The Hall–Kier alpha value is -2.38. The topological polar surface area (TPSA) is 65.7 Å². The van der Waals surface area contributed by atoms with Crippen molar-refractivity contribution in [3.05, 3.63) is 61.6 Å². The molecule has 0 unspecified atom stereocenters. The minimum absolute atomic E-state index is 0.222. The highest BCUT2D eigenvalue weighted by Gasteiger charge is 2.13. The molecule has 0 aliphatic heterocycles. The monoisotopic (exact) mass is 477 g/mol. The second-order valence-electron chi connectivity index (χ2n) is 6.27. The van der Waals surface area contributed by atoms with Crippen LogP contribution < -0.4 is 15.0 Å². The van der Waals surface area contributed by atoms with Gasteiger partial charge in [-0.25, -0.2) is 4.98 Å². The van der Waals surface area contributed by atoms with Gasteiger partial charge in [0.05, 0.1) is 35.9 Å². The van der Waals surface area contributed by atoms with Crippen LogP contribution in [0.15, 0.2) is 44.7 Å². The van der Waals surface area contributed by atoms with E-state index >= 15 is 0 Å². The molecule has 152 valence electrons. The molecule has 1 aromatic heterocycles. The van der Waals surface area contributed by atoms with E-state index in [1.165, 1.54) is 11.8 Å². The number of rotatable bonds is 7. The number of ether oxygens (including phenoxy) is 2. The Labute approximate surface area is 182 Å². The van der Waals surface area contributed by atoms with Crippen LogP contribution in [-0.2, 0) is 6.42 Å². The van der Waals surface area contributed by atoms with Crippen LogP contribution in [-0.4, -0.2) is 29.6 Å². The van der Waals surface area contributed by atoms with E-state index in [0.29, 0.717) is 51.8 Å². The van der Waals surface area contributed by atoms with Gasteiger partial charge < -0.3 is 9.47 Å². The predicted molar refractivity (Wildman–Crippen MR) is 120 cm³/mol. The maximum atomic E-state index is 13.1. The van der Waals surface area contributed by atoms with Crippen LogP contribution in [0.3, 0.4) is 0 Å². The molecule has 0 aliphatic carbocycles. The summed E-state index contributed by atoms with van der Waals surface area (Å²) in [6.45, 7) is 4.38. The van der Waals surface area contributed by atoms with Crippen molar-refractivity contribution in [2.45, 2.75) is 26.7 Å². The lowest BCUT2D eigenvalue weighted by atomic mass is 10.2. The number of hydrogen-bond donors (Lipinski definition) is 0. The van der Waals surface area contributed by atoms with E-state index in [4.69, 9.17) is 21.1 Å². The highest BCUT2D eigenvalue weighted by Crippen LogP contribution is 2.35. The molecule has 0 spiro atoms. The molecule has 8 heteroatoms. The number of fused-ring (bicyclic) bond motifs is 1. The molecule has 0 amide bonds. The van der Waals surface area contributed by atoms with Crippen molar-refractivity contribution >= 4 is 44.6 Å². The molecule has 1 heterocycles. The lowest BCUT2D eigenvalue weighted by Gasteiger charge is -2.12. The van der Waals surface area contributed by atoms with Crippen LogP contribution in [0.2, 0.25) is 5.02 Å². The summed E-state index contributed by atoms with van der Waals surface area (Å²) in [7, 11) is 1.53. The standard InChI is InChI=1S/C21H21BrClN3O3/c1-4-6-19-25-17-8-7-14(22)11-15(17)21(27)26(19)24-12-13-9-16(23)20(28-3)18(10-13)29-5-2/h7-12H,4-6H2,1-3H3. The van der Waals surface area contributed by atoms with Gasteiger partial charge in [0, 0.05) is 10.9 Å². The predicted octanol–water partition coefficient (Wildman–Crippen LogP) is 5.05. The van der Waals surface area contributed by atoms with Crippen molar-refractivity contribution in [1.82, 2.24) is 9.66 Å². The van der Waals surface area contributed by atoms with E-state index in [2.05, 4.69) is 26.0 Å². The maximum absolute atomic E-state index is 13.1. The van der Waals surface area contributed by atoms with Crippen LogP contribution >= 0.6 is 27.5 Å². The van der Waals surface area contributed by atoms with Crippen molar-refractivity contribution in [2.75, 3.05) is 13.7 Å². The second kappa shape index (κ2) is 9.41. The third-order valence-corrected chi connectivity index (χ3v) is 4.98. The first-order valence-corrected chi connectivity index (χ1v) is 10.4. The normalized spacial score (nSPS) is 11.3. The van der Waals surface area contributed by atoms with Gasteiger partial charge in [-0.2, -0.15) is 9.78 Å². The Morgan fingerprint density at radius 3 is 2.76 bits per heavy atom. The van der Waals surface area contributed by atoms with Gasteiger partial charge in [-0.05, 0) is 49.2 Å². The fraction of sp³-hybridized carbons (Fsp3) is 0.286. The number of hydrogen-bond acceptors (Lipinski definition) is 5. The van der Waals surface area contributed by atoms with Crippen molar-refractivity contribution in [2.24, 2.45) is 5.10 Å². The van der Waals surface area contributed by atoms with E-state index in [0.717, 1.165) is 10.9 Å². The number of benzene rings is 2. The Balaban J connectivity index is 2.11. The van der Waals surface area contributed by atoms with Crippen molar-refractivity contribution in [1.29, 1.82) is 0 Å². The van der Waals surface area contributed by atoms with Gasteiger partial charge in [-0.3, -0.25) is 4.79 Å². The fourth-order valence-electron chi connectivity index (χ4n) is 2.95. The van der Waals surface area contributed by atoms with Crippen molar-refractivity contribution in [3.8, 4) is 11.5 Å². The van der Waals surface area contributed by atoms with Gasteiger partial charge in [0.15, 0.2) is 11.5 Å². The number of methoxy groups -OCH3 is 1. The minimum atomic E-state index is -0.222. The van der Waals surface area contributed by atoms with E-state index in [1.54, 1.807) is 24.4 Å². The lowest BCUT2D eigenvalue weighted by Crippen LogP contribution is -2.22. The van der Waals surface area contributed by atoms with E-state index in [-0.39, 0.29) is 5.56 Å². The van der Waals surface area contributed by atoms with Gasteiger partial charge in [0.2, 0.25) is 0 Å². The molecule has 0 saturated heterocycles. The zero-order valence-corrected chi connectivity index (χ0v) is 18.7. The van der Waals surface area contributed by atoms with E-state index in [1.807, 2.05) is 26.0 Å².